The Morgan fingerprint density at radius 1 is 1.22 bits per heavy atom. The number of hydrogen-bond donors (Lipinski definition) is 3. The van der Waals surface area contributed by atoms with Crippen molar-refractivity contribution < 1.29 is 22.7 Å². The van der Waals surface area contributed by atoms with Crippen molar-refractivity contribution in [3.05, 3.63) is 82.0 Å². The first-order valence-electron chi connectivity index (χ1n) is 10.9. The third-order valence-electron chi connectivity index (χ3n) is 5.56. The lowest BCUT2D eigenvalue weighted by atomic mass is 10.1. The van der Waals surface area contributed by atoms with Gasteiger partial charge in [-0.3, -0.25) is 19.1 Å². The minimum atomic E-state index is -3.32. The van der Waals surface area contributed by atoms with Crippen LogP contribution in [-0.2, 0) is 23.8 Å². The molecule has 188 valence electrons. The summed E-state index contributed by atoms with van der Waals surface area (Å²) in [6.45, 7) is 0.326. The molecule has 3 heterocycles. The van der Waals surface area contributed by atoms with Gasteiger partial charge in [-0.1, -0.05) is 12.1 Å². The lowest BCUT2D eigenvalue weighted by Crippen LogP contribution is -2.35. The molecule has 1 amide bonds. The molecule has 0 aliphatic carbocycles. The number of alkyl halides is 2. The molecule has 0 saturated heterocycles. The Kier molecular flexibility index (Phi) is 6.95. The van der Waals surface area contributed by atoms with Crippen LogP contribution in [0, 0.1) is 12.7 Å². The Bertz CT molecular complexity index is 1470. The minimum absolute atomic E-state index is 0.0101. The van der Waals surface area contributed by atoms with Crippen molar-refractivity contribution in [2.75, 3.05) is 19.0 Å². The summed E-state index contributed by atoms with van der Waals surface area (Å²) in [5.41, 5.74) is 0.316. The largest absolute Gasteiger partial charge is 0.497 e. The number of fused-ring (bicyclic) bond motifs is 1. The number of ether oxygens (including phenoxy) is 1. The fraction of sp³-hybridized carbons (Fsp3) is 0.250. The second-order valence-electron chi connectivity index (χ2n) is 8.06. The number of amides is 1. The number of halogens is 3. The van der Waals surface area contributed by atoms with Gasteiger partial charge in [0.05, 0.1) is 37.6 Å². The van der Waals surface area contributed by atoms with Gasteiger partial charge in [0, 0.05) is 29.0 Å². The number of benzene rings is 1. The molecule has 3 aromatic heterocycles. The molecular weight excluding hydrogens is 477 g/mol. The van der Waals surface area contributed by atoms with E-state index in [-0.39, 0.29) is 30.2 Å². The van der Waals surface area contributed by atoms with Gasteiger partial charge in [0.15, 0.2) is 5.82 Å². The number of carbonyl (C=O) groups excluding carboxylic acids is 1. The van der Waals surface area contributed by atoms with Crippen molar-refractivity contribution >= 4 is 22.6 Å². The average molecular weight is 500 g/mol. The van der Waals surface area contributed by atoms with Crippen molar-refractivity contribution in [3.63, 3.8) is 0 Å². The Morgan fingerprint density at radius 2 is 2.03 bits per heavy atom. The zero-order valence-corrected chi connectivity index (χ0v) is 19.4. The van der Waals surface area contributed by atoms with Gasteiger partial charge < -0.3 is 20.4 Å². The van der Waals surface area contributed by atoms with Crippen molar-refractivity contribution in [1.82, 2.24) is 24.8 Å². The van der Waals surface area contributed by atoms with E-state index in [9.17, 15) is 22.8 Å². The first kappa shape index (κ1) is 24.8. The highest BCUT2D eigenvalue weighted by molar-refractivity contribution is 5.80. The Labute approximate surface area is 203 Å². The molecule has 4 rings (SSSR count). The van der Waals surface area contributed by atoms with Gasteiger partial charge >= 0.3 is 0 Å². The molecule has 0 atom stereocenters. The summed E-state index contributed by atoms with van der Waals surface area (Å²) in [7, 11) is 1.38. The summed E-state index contributed by atoms with van der Waals surface area (Å²) in [5.74, 6) is -4.30. The number of aromatic nitrogens is 4. The van der Waals surface area contributed by atoms with Crippen LogP contribution >= 0.6 is 0 Å². The predicted molar refractivity (Wildman–Crippen MR) is 127 cm³/mol. The molecule has 36 heavy (non-hydrogen) atoms. The number of anilines is 1. The van der Waals surface area contributed by atoms with Crippen molar-refractivity contribution in [3.8, 4) is 5.75 Å². The summed E-state index contributed by atoms with van der Waals surface area (Å²) in [6.07, 6.45) is 3.98. The van der Waals surface area contributed by atoms with Gasteiger partial charge in [-0.15, -0.1) is 0 Å². The molecule has 1 aromatic carbocycles. The third kappa shape index (κ3) is 5.32. The molecule has 3 N–H and O–H groups in total. The Morgan fingerprint density at radius 3 is 2.81 bits per heavy atom. The second-order valence-corrected chi connectivity index (χ2v) is 8.06. The quantitative estimate of drug-likeness (QED) is 0.326. The molecule has 0 radical (unpaired) electrons. The van der Waals surface area contributed by atoms with Crippen LogP contribution in [0.4, 0.5) is 19.0 Å². The van der Waals surface area contributed by atoms with Gasteiger partial charge in [0.1, 0.15) is 18.1 Å². The highest BCUT2D eigenvalue weighted by Crippen LogP contribution is 2.30. The standard InChI is InChI=1S/C24H23F3N6O3/c1-14-8-31-22(32-13-24(26,27)15-4-3-5-17(6-15)36-2)23(35)33(14)12-21(34)30-9-16-7-18-19(25)10-29-20(18)11-28-16/h3-8,10-11,29H,9,12-13H2,1-2H3,(H,30,34)(H,31,32). The van der Waals surface area contributed by atoms with E-state index in [0.29, 0.717) is 22.3 Å². The first-order valence-corrected chi connectivity index (χ1v) is 10.9. The number of hydrogen-bond acceptors (Lipinski definition) is 6. The highest BCUT2D eigenvalue weighted by atomic mass is 19.3. The summed E-state index contributed by atoms with van der Waals surface area (Å²) in [5, 5.41) is 5.36. The minimum Gasteiger partial charge on any atom is -0.497 e. The predicted octanol–water partition coefficient (Wildman–Crippen LogP) is 3.10. The number of aryl methyl sites for hydroxylation is 1. The molecule has 0 spiro atoms. The molecule has 0 bridgehead atoms. The lowest BCUT2D eigenvalue weighted by molar-refractivity contribution is -0.121. The summed E-state index contributed by atoms with van der Waals surface area (Å²) >= 11 is 0. The number of aromatic amines is 1. The Balaban J connectivity index is 1.42. The van der Waals surface area contributed by atoms with Crippen LogP contribution in [0.25, 0.3) is 10.9 Å². The maximum absolute atomic E-state index is 14.7. The van der Waals surface area contributed by atoms with E-state index in [1.165, 1.54) is 50.0 Å². The highest BCUT2D eigenvalue weighted by Gasteiger charge is 2.32. The molecule has 0 aliphatic rings. The number of methoxy groups -OCH3 is 1. The average Bonchev–Trinajstić information content (AvgIpc) is 3.24. The van der Waals surface area contributed by atoms with Crippen LogP contribution in [0.15, 0.2) is 53.7 Å². The maximum Gasteiger partial charge on any atom is 0.293 e. The van der Waals surface area contributed by atoms with Gasteiger partial charge in [0.25, 0.3) is 11.5 Å². The van der Waals surface area contributed by atoms with E-state index in [4.69, 9.17) is 4.74 Å². The summed E-state index contributed by atoms with van der Waals surface area (Å²) < 4.78 is 49.3. The third-order valence-corrected chi connectivity index (χ3v) is 5.56. The fourth-order valence-corrected chi connectivity index (χ4v) is 3.55. The van der Waals surface area contributed by atoms with Crippen LogP contribution in [0.1, 0.15) is 17.0 Å². The molecular formula is C24H23F3N6O3. The monoisotopic (exact) mass is 500 g/mol. The maximum atomic E-state index is 14.7. The number of pyridine rings is 1. The zero-order chi connectivity index (χ0) is 25.9. The smallest absolute Gasteiger partial charge is 0.293 e. The summed E-state index contributed by atoms with van der Waals surface area (Å²) in [4.78, 5) is 36.1. The molecule has 12 heteroatoms. The topological polar surface area (TPSA) is 114 Å². The van der Waals surface area contributed by atoms with Crippen LogP contribution in [0.2, 0.25) is 0 Å². The van der Waals surface area contributed by atoms with Crippen LogP contribution in [-0.4, -0.2) is 39.1 Å². The first-order chi connectivity index (χ1) is 17.2. The molecule has 0 unspecified atom stereocenters. The van der Waals surface area contributed by atoms with Crippen molar-refractivity contribution in [2.24, 2.45) is 0 Å². The molecule has 0 aliphatic heterocycles. The van der Waals surface area contributed by atoms with Crippen LogP contribution < -0.4 is 20.9 Å². The number of carbonyl (C=O) groups is 1. The number of H-pyrrole nitrogens is 1. The van der Waals surface area contributed by atoms with Gasteiger partial charge in [-0.05, 0) is 25.1 Å². The van der Waals surface area contributed by atoms with Gasteiger partial charge in [0.2, 0.25) is 5.91 Å². The van der Waals surface area contributed by atoms with Gasteiger partial charge in [-0.2, -0.15) is 8.78 Å². The van der Waals surface area contributed by atoms with E-state index in [1.807, 2.05) is 0 Å². The second kappa shape index (κ2) is 10.1. The molecule has 0 saturated carbocycles. The van der Waals surface area contributed by atoms with Crippen LogP contribution in [0.5, 0.6) is 5.75 Å². The van der Waals surface area contributed by atoms with Crippen molar-refractivity contribution in [2.45, 2.75) is 25.9 Å². The van der Waals surface area contributed by atoms with E-state index in [1.54, 1.807) is 13.0 Å². The molecule has 0 fully saturated rings. The number of rotatable bonds is 9. The zero-order valence-electron chi connectivity index (χ0n) is 19.4. The van der Waals surface area contributed by atoms with Crippen molar-refractivity contribution in [1.29, 1.82) is 0 Å². The van der Waals surface area contributed by atoms with E-state index >= 15 is 0 Å². The molecule has 4 aromatic rings. The normalized spacial score (nSPS) is 11.5. The van der Waals surface area contributed by atoms with Crippen LogP contribution in [0.3, 0.4) is 0 Å². The van der Waals surface area contributed by atoms with E-state index < -0.39 is 29.8 Å². The van der Waals surface area contributed by atoms with E-state index in [0.717, 1.165) is 4.57 Å². The number of nitrogens with one attached hydrogen (secondary N) is 3. The number of nitrogens with zero attached hydrogens (tertiary/aromatic N) is 3. The lowest BCUT2D eigenvalue weighted by Gasteiger charge is -2.19. The molecule has 9 nitrogen and oxygen atoms in total. The summed E-state index contributed by atoms with van der Waals surface area (Å²) in [6, 6.07) is 6.97. The fourth-order valence-electron chi connectivity index (χ4n) is 3.55. The van der Waals surface area contributed by atoms with E-state index in [2.05, 4.69) is 25.6 Å². The van der Waals surface area contributed by atoms with Gasteiger partial charge in [-0.25, -0.2) is 9.37 Å². The SMILES string of the molecule is COc1cccc(C(F)(F)CNc2ncc(C)n(CC(=O)NCc3cc4c(F)c[nH]c4cn3)c2=O)c1. The Hall–Kier alpha value is -4.35.